The predicted octanol–water partition coefficient (Wildman–Crippen LogP) is 2.75. The van der Waals surface area contributed by atoms with Crippen LogP contribution in [0.4, 0.5) is 0 Å². The van der Waals surface area contributed by atoms with E-state index in [1.807, 2.05) is 31.0 Å². The highest BCUT2D eigenvalue weighted by atomic mass is 15.3. The van der Waals surface area contributed by atoms with Crippen molar-refractivity contribution in [3.63, 3.8) is 0 Å². The van der Waals surface area contributed by atoms with Crippen molar-refractivity contribution < 1.29 is 0 Å². The normalized spacial score (nSPS) is 12.2. The van der Waals surface area contributed by atoms with Crippen molar-refractivity contribution in [1.29, 1.82) is 0 Å². The van der Waals surface area contributed by atoms with Gasteiger partial charge in [0.25, 0.3) is 0 Å². The number of guanidine groups is 1. The molecule has 0 fully saturated rings. The summed E-state index contributed by atoms with van der Waals surface area (Å²) in [5.74, 6) is 1.27. The van der Waals surface area contributed by atoms with Gasteiger partial charge in [-0.15, -0.1) is 0 Å². The summed E-state index contributed by atoms with van der Waals surface area (Å²) >= 11 is 0. The Morgan fingerprint density at radius 2 is 2.11 bits per heavy atom. The minimum absolute atomic E-state index is 0.401. The lowest BCUT2D eigenvalue weighted by Crippen LogP contribution is -2.39. The zero-order chi connectivity index (χ0) is 20.3. The van der Waals surface area contributed by atoms with Crippen LogP contribution in [-0.2, 0) is 20.0 Å². The Bertz CT molecular complexity index is 964. The number of fused-ring (bicyclic) bond motifs is 1. The van der Waals surface area contributed by atoms with Crippen LogP contribution in [0.3, 0.4) is 0 Å². The first-order chi connectivity index (χ1) is 13.4. The SMILES string of the molecule is CN=C(NCCc1cn2cccc(C)c2n1)N(C)Cc1cn(C)nc1C(C)C. The minimum Gasteiger partial charge on any atom is -0.356 e. The minimum atomic E-state index is 0.401. The van der Waals surface area contributed by atoms with Crippen LogP contribution in [0.2, 0.25) is 0 Å². The molecule has 7 heteroatoms. The number of imidazole rings is 1. The summed E-state index contributed by atoms with van der Waals surface area (Å²) in [6, 6.07) is 4.14. The maximum absolute atomic E-state index is 4.74. The first-order valence-electron chi connectivity index (χ1n) is 9.76. The van der Waals surface area contributed by atoms with Crippen molar-refractivity contribution in [1.82, 2.24) is 29.4 Å². The third-order valence-electron chi connectivity index (χ3n) is 4.86. The first-order valence-corrected chi connectivity index (χ1v) is 9.76. The van der Waals surface area contributed by atoms with Crippen molar-refractivity contribution in [3.05, 3.63) is 53.2 Å². The summed E-state index contributed by atoms with van der Waals surface area (Å²) in [6.45, 7) is 7.99. The van der Waals surface area contributed by atoms with Gasteiger partial charge in [0, 0.05) is 64.8 Å². The summed E-state index contributed by atoms with van der Waals surface area (Å²) in [4.78, 5) is 11.3. The van der Waals surface area contributed by atoms with E-state index < -0.39 is 0 Å². The summed E-state index contributed by atoms with van der Waals surface area (Å²) in [6.07, 6.45) is 7.08. The number of aryl methyl sites for hydroxylation is 2. The van der Waals surface area contributed by atoms with Crippen LogP contribution in [0.15, 0.2) is 35.7 Å². The van der Waals surface area contributed by atoms with E-state index in [0.717, 1.165) is 42.5 Å². The molecule has 3 rings (SSSR count). The second-order valence-electron chi connectivity index (χ2n) is 7.60. The monoisotopic (exact) mass is 381 g/mol. The van der Waals surface area contributed by atoms with Crippen LogP contribution >= 0.6 is 0 Å². The van der Waals surface area contributed by atoms with E-state index in [0.29, 0.717) is 5.92 Å². The Labute approximate surface area is 167 Å². The highest BCUT2D eigenvalue weighted by molar-refractivity contribution is 5.79. The van der Waals surface area contributed by atoms with Gasteiger partial charge in [-0.05, 0) is 24.5 Å². The fourth-order valence-electron chi connectivity index (χ4n) is 3.51. The molecule has 0 bridgehead atoms. The van der Waals surface area contributed by atoms with Crippen LogP contribution in [0.1, 0.15) is 42.3 Å². The summed E-state index contributed by atoms with van der Waals surface area (Å²) < 4.78 is 3.97. The van der Waals surface area contributed by atoms with E-state index in [1.54, 1.807) is 0 Å². The topological polar surface area (TPSA) is 62.8 Å². The lowest BCUT2D eigenvalue weighted by Gasteiger charge is -2.22. The Morgan fingerprint density at radius 1 is 1.32 bits per heavy atom. The predicted molar refractivity (Wildman–Crippen MR) is 114 cm³/mol. The first kappa shape index (κ1) is 19.9. The van der Waals surface area contributed by atoms with Crippen LogP contribution in [0.25, 0.3) is 5.65 Å². The highest BCUT2D eigenvalue weighted by Crippen LogP contribution is 2.18. The number of rotatable bonds is 6. The standard InChI is InChI=1S/C21H31N7/c1-15(2)19-17(13-27(6)25-19)12-26(5)21(22-4)23-10-9-18-14-28-11-7-8-16(3)20(28)24-18/h7-8,11,13-15H,9-10,12H2,1-6H3,(H,22,23). The molecule has 0 radical (unpaired) electrons. The lowest BCUT2D eigenvalue weighted by molar-refractivity contribution is 0.473. The van der Waals surface area contributed by atoms with Gasteiger partial charge in [0.2, 0.25) is 0 Å². The Morgan fingerprint density at radius 3 is 2.79 bits per heavy atom. The number of hydrogen-bond acceptors (Lipinski definition) is 3. The van der Waals surface area contributed by atoms with E-state index in [9.17, 15) is 0 Å². The van der Waals surface area contributed by atoms with E-state index in [1.165, 1.54) is 11.1 Å². The van der Waals surface area contributed by atoms with Crippen molar-refractivity contribution in [2.45, 2.75) is 39.7 Å². The van der Waals surface area contributed by atoms with Crippen molar-refractivity contribution in [2.75, 3.05) is 20.6 Å². The molecule has 3 aromatic rings. The number of aliphatic imine (C=N–C) groups is 1. The van der Waals surface area contributed by atoms with Gasteiger partial charge in [-0.3, -0.25) is 9.67 Å². The summed E-state index contributed by atoms with van der Waals surface area (Å²) in [5.41, 5.74) is 5.67. The van der Waals surface area contributed by atoms with Gasteiger partial charge in [-0.25, -0.2) is 4.98 Å². The van der Waals surface area contributed by atoms with Crippen molar-refractivity contribution in [3.8, 4) is 0 Å². The molecular weight excluding hydrogens is 350 g/mol. The molecule has 0 spiro atoms. The average molecular weight is 382 g/mol. The molecule has 0 aromatic carbocycles. The average Bonchev–Trinajstić information content (AvgIpc) is 3.22. The highest BCUT2D eigenvalue weighted by Gasteiger charge is 2.15. The molecule has 150 valence electrons. The van der Waals surface area contributed by atoms with E-state index in [2.05, 4.69) is 71.0 Å². The molecule has 0 aliphatic carbocycles. The van der Waals surface area contributed by atoms with Crippen LogP contribution in [-0.4, -0.2) is 50.7 Å². The van der Waals surface area contributed by atoms with E-state index in [4.69, 9.17) is 4.98 Å². The zero-order valence-electron chi connectivity index (χ0n) is 17.8. The smallest absolute Gasteiger partial charge is 0.193 e. The molecule has 0 saturated heterocycles. The molecular formula is C21H31N7. The van der Waals surface area contributed by atoms with Crippen molar-refractivity contribution in [2.24, 2.45) is 12.0 Å². The molecule has 0 aliphatic heterocycles. The van der Waals surface area contributed by atoms with Crippen LogP contribution in [0.5, 0.6) is 0 Å². The third kappa shape index (κ3) is 4.35. The molecule has 0 aliphatic rings. The van der Waals surface area contributed by atoms with Gasteiger partial charge in [0.15, 0.2) is 5.96 Å². The summed E-state index contributed by atoms with van der Waals surface area (Å²) in [7, 11) is 5.85. The Balaban J connectivity index is 1.60. The number of pyridine rings is 1. The molecule has 1 N–H and O–H groups in total. The van der Waals surface area contributed by atoms with Crippen LogP contribution < -0.4 is 5.32 Å². The third-order valence-corrected chi connectivity index (χ3v) is 4.86. The van der Waals surface area contributed by atoms with Gasteiger partial charge in [0.05, 0.1) is 11.4 Å². The van der Waals surface area contributed by atoms with Gasteiger partial charge in [-0.1, -0.05) is 19.9 Å². The zero-order valence-corrected chi connectivity index (χ0v) is 17.8. The van der Waals surface area contributed by atoms with Crippen molar-refractivity contribution >= 4 is 11.6 Å². The molecule has 3 heterocycles. The number of hydrogen-bond donors (Lipinski definition) is 1. The quantitative estimate of drug-likeness (QED) is 0.527. The molecule has 28 heavy (non-hydrogen) atoms. The van der Waals surface area contributed by atoms with Gasteiger partial charge >= 0.3 is 0 Å². The van der Waals surface area contributed by atoms with E-state index >= 15 is 0 Å². The maximum Gasteiger partial charge on any atom is 0.193 e. The molecule has 3 aromatic heterocycles. The second-order valence-corrected chi connectivity index (χ2v) is 7.60. The lowest BCUT2D eigenvalue weighted by atomic mass is 10.1. The Hall–Kier alpha value is -2.83. The maximum atomic E-state index is 4.74. The van der Waals surface area contributed by atoms with E-state index in [-0.39, 0.29) is 0 Å². The fraction of sp³-hybridized carbons (Fsp3) is 0.476. The number of nitrogens with one attached hydrogen (secondary N) is 1. The van der Waals surface area contributed by atoms with Gasteiger partial charge < -0.3 is 14.6 Å². The molecule has 0 unspecified atom stereocenters. The van der Waals surface area contributed by atoms with Gasteiger partial charge in [0.1, 0.15) is 5.65 Å². The molecule has 0 saturated carbocycles. The largest absolute Gasteiger partial charge is 0.356 e. The second kappa shape index (κ2) is 8.46. The number of aromatic nitrogens is 4. The van der Waals surface area contributed by atoms with Crippen LogP contribution in [0, 0.1) is 6.92 Å². The molecule has 0 atom stereocenters. The molecule has 7 nitrogen and oxygen atoms in total. The molecule has 0 amide bonds. The Kier molecular flexibility index (Phi) is 6.02. The summed E-state index contributed by atoms with van der Waals surface area (Å²) in [5, 5.41) is 8.05. The fourth-order valence-corrected chi connectivity index (χ4v) is 3.51. The number of nitrogens with zero attached hydrogens (tertiary/aromatic N) is 6. The van der Waals surface area contributed by atoms with Gasteiger partial charge in [-0.2, -0.15) is 5.10 Å².